The molecule has 6 nitrogen and oxygen atoms in total. The van der Waals surface area contributed by atoms with Crippen LogP contribution in [0.2, 0.25) is 0 Å². The Bertz CT molecular complexity index is 587. The molecule has 2 unspecified atom stereocenters. The summed E-state index contributed by atoms with van der Waals surface area (Å²) in [7, 11) is 1.41. The molecule has 0 radical (unpaired) electrons. The molecule has 2 N–H and O–H groups in total. The van der Waals surface area contributed by atoms with Gasteiger partial charge in [0.15, 0.2) is 0 Å². The topological polar surface area (TPSA) is 78.9 Å². The quantitative estimate of drug-likeness (QED) is 0.896. The number of piperidine rings is 1. The second kappa shape index (κ2) is 5.27. The first-order chi connectivity index (χ1) is 10.1. The van der Waals surface area contributed by atoms with Gasteiger partial charge in [0, 0.05) is 24.3 Å². The smallest absolute Gasteiger partial charge is 0.339 e. The zero-order valence-electron chi connectivity index (χ0n) is 11.8. The number of nitrogens with zero attached hydrogens (tertiary/aromatic N) is 1. The van der Waals surface area contributed by atoms with Crippen molar-refractivity contribution in [3.8, 4) is 5.75 Å². The van der Waals surface area contributed by atoms with Gasteiger partial charge in [-0.2, -0.15) is 0 Å². The van der Waals surface area contributed by atoms with E-state index in [4.69, 9.17) is 9.84 Å². The third kappa shape index (κ3) is 2.53. The molecular weight excluding hydrogens is 272 g/mol. The number of carboxylic acids is 1. The van der Waals surface area contributed by atoms with E-state index in [0.717, 1.165) is 19.4 Å². The Morgan fingerprint density at radius 1 is 1.38 bits per heavy atom. The van der Waals surface area contributed by atoms with E-state index < -0.39 is 5.97 Å². The lowest BCUT2D eigenvalue weighted by Gasteiger charge is -2.27. The van der Waals surface area contributed by atoms with Crippen LogP contribution in [0, 0.1) is 5.92 Å². The molecule has 2 bridgehead atoms. The number of likely N-dealkylation sites (tertiary alicyclic amines) is 1. The number of hydrogen-bond acceptors (Lipinski definition) is 3. The molecule has 0 aromatic heterocycles. The summed E-state index contributed by atoms with van der Waals surface area (Å²) in [6.07, 6.45) is 3.41. The number of aromatic carboxylic acids is 1. The summed E-state index contributed by atoms with van der Waals surface area (Å²) in [4.78, 5) is 25.2. The highest BCUT2D eigenvalue weighted by Crippen LogP contribution is 2.37. The summed E-state index contributed by atoms with van der Waals surface area (Å²) in [5, 5.41) is 11.9. The van der Waals surface area contributed by atoms with E-state index in [2.05, 4.69) is 5.32 Å². The first-order valence-electron chi connectivity index (χ1n) is 7.07. The van der Waals surface area contributed by atoms with E-state index in [0.29, 0.717) is 17.6 Å². The van der Waals surface area contributed by atoms with Gasteiger partial charge in [0.05, 0.1) is 7.11 Å². The summed E-state index contributed by atoms with van der Waals surface area (Å²) in [5.41, 5.74) is 0.625. The first-order valence-corrected chi connectivity index (χ1v) is 7.07. The number of hydrogen-bond donors (Lipinski definition) is 2. The van der Waals surface area contributed by atoms with Crippen molar-refractivity contribution in [3.63, 3.8) is 0 Å². The number of urea groups is 1. The van der Waals surface area contributed by atoms with Crippen molar-refractivity contribution in [1.29, 1.82) is 0 Å². The molecule has 2 atom stereocenters. The number of anilines is 1. The Labute approximate surface area is 122 Å². The summed E-state index contributed by atoms with van der Waals surface area (Å²) < 4.78 is 5.06. The van der Waals surface area contributed by atoms with Gasteiger partial charge in [0.1, 0.15) is 11.3 Å². The van der Waals surface area contributed by atoms with Crippen LogP contribution in [0.5, 0.6) is 5.75 Å². The number of carbonyl (C=O) groups excluding carboxylic acids is 1. The van der Waals surface area contributed by atoms with Gasteiger partial charge in [0.25, 0.3) is 0 Å². The molecule has 1 saturated heterocycles. The molecule has 6 heteroatoms. The number of amides is 2. The molecule has 2 amide bonds. The van der Waals surface area contributed by atoms with Crippen molar-refractivity contribution in [2.24, 2.45) is 5.92 Å². The Hall–Kier alpha value is -2.24. The second-order valence-corrected chi connectivity index (χ2v) is 5.64. The molecule has 21 heavy (non-hydrogen) atoms. The molecule has 1 aliphatic carbocycles. The van der Waals surface area contributed by atoms with E-state index in [9.17, 15) is 9.59 Å². The molecule has 0 spiro atoms. The number of nitrogens with one attached hydrogen (secondary N) is 1. The normalized spacial score (nSPS) is 23.2. The fourth-order valence-corrected chi connectivity index (χ4v) is 3.31. The average Bonchev–Trinajstić information content (AvgIpc) is 3.09. The number of rotatable bonds is 3. The predicted octanol–water partition coefficient (Wildman–Crippen LogP) is 2.41. The maximum atomic E-state index is 12.3. The van der Waals surface area contributed by atoms with Crippen LogP contribution in [0.25, 0.3) is 0 Å². The van der Waals surface area contributed by atoms with Crippen LogP contribution >= 0.6 is 0 Å². The molecule has 1 aromatic carbocycles. The van der Waals surface area contributed by atoms with Gasteiger partial charge in [-0.05, 0) is 37.3 Å². The van der Waals surface area contributed by atoms with E-state index in [1.54, 1.807) is 6.07 Å². The van der Waals surface area contributed by atoms with Crippen LogP contribution in [-0.4, -0.2) is 41.7 Å². The lowest BCUT2D eigenvalue weighted by atomic mass is 10.1. The molecule has 1 aliphatic heterocycles. The minimum Gasteiger partial charge on any atom is -0.496 e. The number of ether oxygens (including phenoxy) is 1. The highest BCUT2D eigenvalue weighted by molar-refractivity contribution is 5.94. The van der Waals surface area contributed by atoms with E-state index in [1.807, 2.05) is 4.90 Å². The van der Waals surface area contributed by atoms with Crippen LogP contribution in [0.15, 0.2) is 18.2 Å². The molecule has 2 fully saturated rings. The Kier molecular flexibility index (Phi) is 3.45. The first kappa shape index (κ1) is 13.7. The summed E-state index contributed by atoms with van der Waals surface area (Å²) in [6.45, 7) is 0.820. The SMILES string of the molecule is COc1cc(NC(=O)N2CC3CCC2C3)ccc1C(=O)O. The summed E-state index contributed by atoms with van der Waals surface area (Å²) in [6, 6.07) is 4.79. The zero-order valence-corrected chi connectivity index (χ0v) is 11.8. The highest BCUT2D eigenvalue weighted by Gasteiger charge is 2.40. The fraction of sp³-hybridized carbons (Fsp3) is 0.467. The highest BCUT2D eigenvalue weighted by atomic mass is 16.5. The monoisotopic (exact) mass is 290 g/mol. The van der Waals surface area contributed by atoms with E-state index in [-0.39, 0.29) is 17.3 Å². The third-order valence-corrected chi connectivity index (χ3v) is 4.35. The van der Waals surface area contributed by atoms with Crippen molar-refractivity contribution in [2.45, 2.75) is 25.3 Å². The minimum atomic E-state index is -1.05. The van der Waals surface area contributed by atoms with Crippen molar-refractivity contribution < 1.29 is 19.4 Å². The van der Waals surface area contributed by atoms with Crippen LogP contribution < -0.4 is 10.1 Å². The zero-order chi connectivity index (χ0) is 15.0. The van der Waals surface area contributed by atoms with Gasteiger partial charge in [0.2, 0.25) is 0 Å². The van der Waals surface area contributed by atoms with Gasteiger partial charge in [-0.25, -0.2) is 9.59 Å². The van der Waals surface area contributed by atoms with Crippen molar-refractivity contribution in [3.05, 3.63) is 23.8 Å². The standard InChI is InChI=1S/C15H18N2O4/c1-21-13-7-10(3-5-12(13)14(18)19)16-15(20)17-8-9-2-4-11(17)6-9/h3,5,7,9,11H,2,4,6,8H2,1H3,(H,16,20)(H,18,19). The van der Waals surface area contributed by atoms with Gasteiger partial charge in [-0.1, -0.05) is 0 Å². The van der Waals surface area contributed by atoms with Gasteiger partial charge >= 0.3 is 12.0 Å². The number of benzene rings is 1. The predicted molar refractivity (Wildman–Crippen MR) is 76.8 cm³/mol. The van der Waals surface area contributed by atoms with Crippen molar-refractivity contribution in [1.82, 2.24) is 4.90 Å². The lowest BCUT2D eigenvalue weighted by Crippen LogP contribution is -2.40. The largest absolute Gasteiger partial charge is 0.496 e. The third-order valence-electron chi connectivity index (χ3n) is 4.35. The summed E-state index contributed by atoms with van der Waals surface area (Å²) in [5.74, 6) is -0.172. The molecule has 1 saturated carbocycles. The molecule has 1 aromatic rings. The number of methoxy groups -OCH3 is 1. The Morgan fingerprint density at radius 2 is 2.19 bits per heavy atom. The van der Waals surface area contributed by atoms with Crippen LogP contribution in [0.3, 0.4) is 0 Å². The van der Waals surface area contributed by atoms with Crippen LogP contribution in [-0.2, 0) is 0 Å². The van der Waals surface area contributed by atoms with Crippen LogP contribution in [0.1, 0.15) is 29.6 Å². The Balaban J connectivity index is 1.73. The maximum Gasteiger partial charge on any atom is 0.339 e. The average molecular weight is 290 g/mol. The molecule has 1 heterocycles. The number of carbonyl (C=O) groups is 2. The number of carboxylic acid groups (broad SMARTS) is 1. The van der Waals surface area contributed by atoms with Crippen molar-refractivity contribution >= 4 is 17.7 Å². The summed E-state index contributed by atoms with van der Waals surface area (Å²) >= 11 is 0. The molecule has 2 aliphatic rings. The number of fused-ring (bicyclic) bond motifs is 2. The van der Waals surface area contributed by atoms with Crippen molar-refractivity contribution in [2.75, 3.05) is 19.0 Å². The maximum absolute atomic E-state index is 12.3. The second-order valence-electron chi connectivity index (χ2n) is 5.64. The van der Waals surface area contributed by atoms with Gasteiger partial charge < -0.3 is 20.1 Å². The van der Waals surface area contributed by atoms with Crippen LogP contribution in [0.4, 0.5) is 10.5 Å². The fourth-order valence-electron chi connectivity index (χ4n) is 3.31. The lowest BCUT2D eigenvalue weighted by molar-refractivity contribution is 0.0693. The van der Waals surface area contributed by atoms with E-state index in [1.165, 1.54) is 25.7 Å². The van der Waals surface area contributed by atoms with Gasteiger partial charge in [-0.15, -0.1) is 0 Å². The Morgan fingerprint density at radius 3 is 2.76 bits per heavy atom. The van der Waals surface area contributed by atoms with Gasteiger partial charge in [-0.3, -0.25) is 0 Å². The molecular formula is C15H18N2O4. The minimum absolute atomic E-state index is 0.0794. The molecule has 112 valence electrons. The molecule has 3 rings (SSSR count). The van der Waals surface area contributed by atoms with E-state index >= 15 is 0 Å².